The van der Waals surface area contributed by atoms with E-state index in [0.717, 1.165) is 0 Å². The summed E-state index contributed by atoms with van der Waals surface area (Å²) in [6.45, 7) is 2.35. The van der Waals surface area contributed by atoms with Crippen LogP contribution in [0.3, 0.4) is 0 Å². The van der Waals surface area contributed by atoms with Crippen LogP contribution in [0.15, 0.2) is 29.8 Å². The quantitative estimate of drug-likeness (QED) is 0.533. The highest BCUT2D eigenvalue weighted by Crippen LogP contribution is 2.12. The van der Waals surface area contributed by atoms with Crippen molar-refractivity contribution in [3.05, 3.63) is 29.8 Å². The van der Waals surface area contributed by atoms with Crippen molar-refractivity contribution in [3.63, 3.8) is 0 Å². The van der Waals surface area contributed by atoms with E-state index in [1.54, 1.807) is 6.08 Å². The Hall–Kier alpha value is -0.850. The van der Waals surface area contributed by atoms with Gasteiger partial charge in [0.2, 0.25) is 0 Å². The lowest BCUT2D eigenvalue weighted by Crippen LogP contribution is -2.10. The highest BCUT2D eigenvalue weighted by molar-refractivity contribution is 5.20. The Morgan fingerprint density at radius 1 is 1.80 bits per heavy atom. The summed E-state index contributed by atoms with van der Waals surface area (Å²) in [7, 11) is 0. The average molecular weight is 140 g/mol. The van der Waals surface area contributed by atoms with E-state index in [1.807, 2.05) is 6.92 Å². The van der Waals surface area contributed by atoms with E-state index in [9.17, 15) is 4.39 Å². The standard InChI is InChI=1S/C8H9FO/c1-2-10-8-6-4-3-5-7(8)9/h3,5-6,8H,2H2,1H3. The Morgan fingerprint density at radius 3 is 3.20 bits per heavy atom. The third-order valence-electron chi connectivity index (χ3n) is 1.20. The van der Waals surface area contributed by atoms with E-state index < -0.39 is 6.10 Å². The van der Waals surface area contributed by atoms with Crippen LogP contribution in [0, 0.1) is 0 Å². The zero-order chi connectivity index (χ0) is 7.40. The van der Waals surface area contributed by atoms with Gasteiger partial charge in [-0.15, -0.1) is 5.73 Å². The van der Waals surface area contributed by atoms with Crippen molar-refractivity contribution in [1.82, 2.24) is 0 Å². The molecule has 1 atom stereocenters. The number of halogens is 1. The van der Waals surface area contributed by atoms with Crippen LogP contribution in [0.2, 0.25) is 0 Å². The van der Waals surface area contributed by atoms with Crippen LogP contribution in [-0.4, -0.2) is 12.7 Å². The van der Waals surface area contributed by atoms with Crippen LogP contribution >= 0.6 is 0 Å². The second kappa shape index (κ2) is 3.35. The largest absolute Gasteiger partial charge is 0.367 e. The molecule has 1 nitrogen and oxygen atoms in total. The Morgan fingerprint density at radius 2 is 2.60 bits per heavy atom. The molecule has 1 aliphatic rings. The van der Waals surface area contributed by atoms with Gasteiger partial charge in [0, 0.05) is 6.61 Å². The topological polar surface area (TPSA) is 9.23 Å². The normalized spacial score (nSPS) is 23.0. The van der Waals surface area contributed by atoms with E-state index in [4.69, 9.17) is 4.74 Å². The molecule has 0 saturated carbocycles. The SMILES string of the molecule is CCOC1C=C=CC=C1F. The lowest BCUT2D eigenvalue weighted by molar-refractivity contribution is 0.104. The van der Waals surface area contributed by atoms with Crippen molar-refractivity contribution in [1.29, 1.82) is 0 Å². The van der Waals surface area contributed by atoms with Gasteiger partial charge < -0.3 is 4.74 Å². The smallest absolute Gasteiger partial charge is 0.134 e. The van der Waals surface area contributed by atoms with E-state index in [0.29, 0.717) is 6.61 Å². The van der Waals surface area contributed by atoms with Crippen LogP contribution in [0.5, 0.6) is 0 Å². The summed E-state index contributed by atoms with van der Waals surface area (Å²) in [6.07, 6.45) is 3.96. The lowest BCUT2D eigenvalue weighted by atomic mass is 10.2. The van der Waals surface area contributed by atoms with Crippen LogP contribution in [-0.2, 0) is 4.74 Å². The first-order chi connectivity index (χ1) is 4.84. The van der Waals surface area contributed by atoms with Gasteiger partial charge in [-0.3, -0.25) is 0 Å². The Labute approximate surface area is 59.5 Å². The molecule has 0 N–H and O–H groups in total. The monoisotopic (exact) mass is 140 g/mol. The third kappa shape index (κ3) is 1.56. The molecule has 0 amide bonds. The van der Waals surface area contributed by atoms with E-state index in [1.165, 1.54) is 12.2 Å². The summed E-state index contributed by atoms with van der Waals surface area (Å²) in [6, 6.07) is 0. The van der Waals surface area contributed by atoms with Gasteiger partial charge in [-0.05, 0) is 25.2 Å². The van der Waals surface area contributed by atoms with Gasteiger partial charge in [0.25, 0.3) is 0 Å². The van der Waals surface area contributed by atoms with E-state index >= 15 is 0 Å². The van der Waals surface area contributed by atoms with Crippen molar-refractivity contribution in [2.75, 3.05) is 6.61 Å². The van der Waals surface area contributed by atoms with Gasteiger partial charge in [0.15, 0.2) is 0 Å². The summed E-state index contributed by atoms with van der Waals surface area (Å²) in [5.41, 5.74) is 2.76. The fraction of sp³-hybridized carbons (Fsp3) is 0.375. The molecule has 54 valence electrons. The third-order valence-corrected chi connectivity index (χ3v) is 1.20. The minimum atomic E-state index is -0.505. The van der Waals surface area contributed by atoms with Crippen molar-refractivity contribution >= 4 is 0 Å². The minimum Gasteiger partial charge on any atom is -0.367 e. The molecule has 10 heavy (non-hydrogen) atoms. The lowest BCUT2D eigenvalue weighted by Gasteiger charge is -2.10. The van der Waals surface area contributed by atoms with Gasteiger partial charge in [-0.2, -0.15) is 0 Å². The average Bonchev–Trinajstić information content (AvgIpc) is 1.94. The summed E-state index contributed by atoms with van der Waals surface area (Å²) in [5.74, 6) is -0.249. The predicted molar refractivity (Wildman–Crippen MR) is 37.3 cm³/mol. The number of hydrogen-bond acceptors (Lipinski definition) is 1. The van der Waals surface area contributed by atoms with Gasteiger partial charge in [0.05, 0.1) is 0 Å². The molecule has 0 saturated heterocycles. The maximum absolute atomic E-state index is 12.7. The maximum atomic E-state index is 12.7. The predicted octanol–water partition coefficient (Wildman–Crippen LogP) is 1.97. The zero-order valence-corrected chi connectivity index (χ0v) is 5.80. The van der Waals surface area contributed by atoms with Gasteiger partial charge in [-0.25, -0.2) is 4.39 Å². The van der Waals surface area contributed by atoms with Gasteiger partial charge >= 0.3 is 0 Å². The Balaban J connectivity index is 2.61. The maximum Gasteiger partial charge on any atom is 0.134 e. The molecule has 0 aliphatic heterocycles. The van der Waals surface area contributed by atoms with Gasteiger partial charge in [-0.1, -0.05) is 0 Å². The molecule has 0 aromatic carbocycles. The zero-order valence-electron chi connectivity index (χ0n) is 5.80. The molecule has 0 bridgehead atoms. The fourth-order valence-corrected chi connectivity index (χ4v) is 0.752. The number of rotatable bonds is 2. The van der Waals surface area contributed by atoms with Crippen LogP contribution in [0.4, 0.5) is 4.39 Å². The molecule has 1 rings (SSSR count). The molecule has 0 spiro atoms. The van der Waals surface area contributed by atoms with Gasteiger partial charge in [0.1, 0.15) is 11.9 Å². The Kier molecular flexibility index (Phi) is 2.43. The fourth-order valence-electron chi connectivity index (χ4n) is 0.752. The molecule has 0 aromatic rings. The Bertz CT molecular complexity index is 199. The molecule has 2 heteroatoms. The molecule has 1 aliphatic carbocycles. The van der Waals surface area contributed by atoms with E-state index in [-0.39, 0.29) is 5.83 Å². The summed E-state index contributed by atoms with van der Waals surface area (Å²) >= 11 is 0. The summed E-state index contributed by atoms with van der Waals surface area (Å²) in [4.78, 5) is 0. The second-order valence-electron chi connectivity index (χ2n) is 1.93. The van der Waals surface area contributed by atoms with Crippen LogP contribution in [0.1, 0.15) is 6.92 Å². The number of hydrogen-bond donors (Lipinski definition) is 0. The van der Waals surface area contributed by atoms with Crippen LogP contribution < -0.4 is 0 Å². The van der Waals surface area contributed by atoms with Crippen molar-refractivity contribution in [2.24, 2.45) is 0 Å². The first-order valence-electron chi connectivity index (χ1n) is 3.24. The first-order valence-corrected chi connectivity index (χ1v) is 3.24. The molecular formula is C8H9FO. The number of ether oxygens (including phenoxy) is 1. The molecule has 0 fully saturated rings. The summed E-state index contributed by atoms with van der Waals surface area (Å²) in [5, 5.41) is 0. The van der Waals surface area contributed by atoms with Crippen LogP contribution in [0.25, 0.3) is 0 Å². The molecular weight excluding hydrogens is 131 g/mol. The van der Waals surface area contributed by atoms with Crippen molar-refractivity contribution in [3.8, 4) is 0 Å². The minimum absolute atomic E-state index is 0.249. The highest BCUT2D eigenvalue weighted by atomic mass is 19.1. The van der Waals surface area contributed by atoms with E-state index in [2.05, 4.69) is 5.73 Å². The second-order valence-corrected chi connectivity index (χ2v) is 1.93. The molecule has 0 aromatic heterocycles. The van der Waals surface area contributed by atoms with Crippen molar-refractivity contribution in [2.45, 2.75) is 13.0 Å². The molecule has 1 unspecified atom stereocenters. The highest BCUT2D eigenvalue weighted by Gasteiger charge is 2.10. The first kappa shape index (κ1) is 7.26. The molecule has 0 radical (unpaired) electrons. The van der Waals surface area contributed by atoms with Crippen molar-refractivity contribution < 1.29 is 9.13 Å². The summed E-state index contributed by atoms with van der Waals surface area (Å²) < 4.78 is 17.7. The molecule has 0 heterocycles. The number of allylic oxidation sites excluding steroid dienone is 1.